The van der Waals surface area contributed by atoms with E-state index in [2.05, 4.69) is 0 Å². The molecule has 4 heteroatoms. The molecule has 0 radical (unpaired) electrons. The first kappa shape index (κ1) is 7.75. The summed E-state index contributed by atoms with van der Waals surface area (Å²) >= 11 is 0. The maximum atomic E-state index is 10.8. The molecular formula is C6H11NO2S. The van der Waals surface area contributed by atoms with Gasteiger partial charge in [0.05, 0.1) is 5.75 Å². The molecule has 1 aliphatic rings. The lowest BCUT2D eigenvalue weighted by Gasteiger charge is -2.14. The molecule has 0 aromatic heterocycles. The van der Waals surface area contributed by atoms with Gasteiger partial charge in [0.15, 0.2) is 9.84 Å². The van der Waals surface area contributed by atoms with Crippen LogP contribution in [0.15, 0.2) is 11.5 Å². The largest absolute Gasteiger partial charge is 0.302 e. The van der Waals surface area contributed by atoms with Crippen molar-refractivity contribution in [2.45, 2.75) is 6.04 Å². The van der Waals surface area contributed by atoms with Gasteiger partial charge in [0.2, 0.25) is 0 Å². The van der Waals surface area contributed by atoms with Crippen molar-refractivity contribution in [2.75, 3.05) is 19.8 Å². The average molecular weight is 161 g/mol. The number of sulfone groups is 1. The Morgan fingerprint density at radius 2 is 2.10 bits per heavy atom. The van der Waals surface area contributed by atoms with Crippen LogP contribution in [0.3, 0.4) is 0 Å². The first-order valence-electron chi connectivity index (χ1n) is 3.09. The second-order valence-electron chi connectivity index (χ2n) is 2.69. The summed E-state index contributed by atoms with van der Waals surface area (Å²) in [5.41, 5.74) is 0. The zero-order chi connectivity index (χ0) is 7.78. The molecule has 0 N–H and O–H groups in total. The second-order valence-corrected chi connectivity index (χ2v) is 4.62. The lowest BCUT2D eigenvalue weighted by atomic mass is 10.3. The highest BCUT2D eigenvalue weighted by Gasteiger charge is 2.22. The maximum absolute atomic E-state index is 10.8. The first-order valence-corrected chi connectivity index (χ1v) is 4.80. The summed E-state index contributed by atoms with van der Waals surface area (Å²) in [7, 11) is 0.879. The minimum Gasteiger partial charge on any atom is -0.302 e. The van der Waals surface area contributed by atoms with Gasteiger partial charge in [-0.25, -0.2) is 8.42 Å². The van der Waals surface area contributed by atoms with Gasteiger partial charge in [0.25, 0.3) is 0 Å². The van der Waals surface area contributed by atoms with Crippen LogP contribution >= 0.6 is 0 Å². The zero-order valence-electron chi connectivity index (χ0n) is 6.11. The van der Waals surface area contributed by atoms with Gasteiger partial charge < -0.3 is 4.90 Å². The molecule has 0 saturated heterocycles. The third kappa shape index (κ3) is 1.58. The fourth-order valence-corrected chi connectivity index (χ4v) is 2.30. The van der Waals surface area contributed by atoms with Crippen LogP contribution in [0.2, 0.25) is 0 Å². The number of rotatable bonds is 1. The van der Waals surface area contributed by atoms with Crippen molar-refractivity contribution in [2.24, 2.45) is 0 Å². The van der Waals surface area contributed by atoms with Gasteiger partial charge in [-0.1, -0.05) is 6.08 Å². The molecule has 1 heterocycles. The predicted molar refractivity (Wildman–Crippen MR) is 40.4 cm³/mol. The molecule has 0 spiro atoms. The summed E-state index contributed by atoms with van der Waals surface area (Å²) in [6, 6.07) is 0.0741. The Kier molecular flexibility index (Phi) is 1.83. The van der Waals surface area contributed by atoms with Crippen LogP contribution in [-0.4, -0.2) is 39.2 Å². The van der Waals surface area contributed by atoms with Crippen LogP contribution < -0.4 is 0 Å². The summed E-state index contributed by atoms with van der Waals surface area (Å²) in [6.45, 7) is 0. The number of hydrogen-bond donors (Lipinski definition) is 0. The molecule has 10 heavy (non-hydrogen) atoms. The van der Waals surface area contributed by atoms with Crippen molar-refractivity contribution in [1.29, 1.82) is 0 Å². The molecule has 0 saturated carbocycles. The topological polar surface area (TPSA) is 37.4 Å². The van der Waals surface area contributed by atoms with Crippen LogP contribution in [0.5, 0.6) is 0 Å². The number of likely N-dealkylation sites (N-methyl/N-ethyl adjacent to an activating group) is 1. The zero-order valence-corrected chi connectivity index (χ0v) is 6.93. The minimum absolute atomic E-state index is 0.0741. The van der Waals surface area contributed by atoms with Crippen LogP contribution in [0.25, 0.3) is 0 Å². The van der Waals surface area contributed by atoms with E-state index >= 15 is 0 Å². The SMILES string of the molecule is CN(C)C1C=CS(=O)(=O)C1. The standard InChI is InChI=1S/C6H11NO2S/c1-7(2)6-3-4-10(8,9)5-6/h3-4,6H,5H2,1-2H3. The predicted octanol–water partition coefficient (Wildman–Crippen LogP) is -0.141. The van der Waals surface area contributed by atoms with Gasteiger partial charge in [-0.2, -0.15) is 0 Å². The quantitative estimate of drug-likeness (QED) is 0.537. The first-order chi connectivity index (χ1) is 4.51. The van der Waals surface area contributed by atoms with E-state index < -0.39 is 9.84 Å². The van der Waals surface area contributed by atoms with Gasteiger partial charge in [-0.3, -0.25) is 0 Å². The molecule has 0 amide bonds. The Morgan fingerprint density at radius 1 is 1.50 bits per heavy atom. The second kappa shape index (κ2) is 2.36. The molecule has 0 aliphatic carbocycles. The van der Waals surface area contributed by atoms with Crippen LogP contribution in [0.1, 0.15) is 0 Å². The van der Waals surface area contributed by atoms with E-state index in [1.54, 1.807) is 6.08 Å². The van der Waals surface area contributed by atoms with Gasteiger partial charge in [0, 0.05) is 11.4 Å². The van der Waals surface area contributed by atoms with Gasteiger partial charge in [0.1, 0.15) is 0 Å². The molecular weight excluding hydrogens is 150 g/mol. The van der Waals surface area contributed by atoms with Crippen molar-refractivity contribution in [3.05, 3.63) is 11.5 Å². The molecule has 0 aromatic carbocycles. The molecule has 0 fully saturated rings. The Hall–Kier alpha value is -0.350. The van der Waals surface area contributed by atoms with E-state index in [-0.39, 0.29) is 11.8 Å². The molecule has 1 unspecified atom stereocenters. The van der Waals surface area contributed by atoms with E-state index in [4.69, 9.17) is 0 Å². The van der Waals surface area contributed by atoms with E-state index in [9.17, 15) is 8.42 Å². The number of nitrogens with zero attached hydrogens (tertiary/aromatic N) is 1. The fourth-order valence-electron chi connectivity index (χ4n) is 0.881. The highest BCUT2D eigenvalue weighted by molar-refractivity contribution is 7.94. The highest BCUT2D eigenvalue weighted by Crippen LogP contribution is 2.11. The summed E-state index contributed by atoms with van der Waals surface area (Å²) in [6.07, 6.45) is 1.72. The molecule has 0 aromatic rings. The van der Waals surface area contributed by atoms with Crippen molar-refractivity contribution in [1.82, 2.24) is 4.90 Å². The van der Waals surface area contributed by atoms with Gasteiger partial charge >= 0.3 is 0 Å². The lowest BCUT2D eigenvalue weighted by molar-refractivity contribution is 0.368. The molecule has 1 aliphatic heterocycles. The van der Waals surface area contributed by atoms with Gasteiger partial charge in [-0.05, 0) is 14.1 Å². The summed E-state index contributed by atoms with van der Waals surface area (Å²) in [5, 5.41) is 1.29. The lowest BCUT2D eigenvalue weighted by Crippen LogP contribution is -2.28. The monoisotopic (exact) mass is 161 g/mol. The molecule has 1 atom stereocenters. The van der Waals surface area contributed by atoms with Crippen LogP contribution in [0, 0.1) is 0 Å². The third-order valence-electron chi connectivity index (χ3n) is 1.57. The molecule has 58 valence electrons. The smallest absolute Gasteiger partial charge is 0.173 e. The maximum Gasteiger partial charge on any atom is 0.173 e. The van der Waals surface area contributed by atoms with Crippen molar-refractivity contribution in [3.63, 3.8) is 0 Å². The average Bonchev–Trinajstić information content (AvgIpc) is 2.10. The van der Waals surface area contributed by atoms with E-state index in [1.165, 1.54) is 5.41 Å². The number of hydrogen-bond acceptors (Lipinski definition) is 3. The molecule has 1 rings (SSSR count). The summed E-state index contributed by atoms with van der Waals surface area (Å²) in [5.74, 6) is 0.236. The summed E-state index contributed by atoms with van der Waals surface area (Å²) in [4.78, 5) is 1.89. The van der Waals surface area contributed by atoms with Crippen molar-refractivity contribution in [3.8, 4) is 0 Å². The molecule has 0 bridgehead atoms. The van der Waals surface area contributed by atoms with E-state index in [0.717, 1.165) is 0 Å². The van der Waals surface area contributed by atoms with E-state index in [0.29, 0.717) is 0 Å². The molecule has 3 nitrogen and oxygen atoms in total. The van der Waals surface area contributed by atoms with Crippen molar-refractivity contribution < 1.29 is 8.42 Å². The van der Waals surface area contributed by atoms with Gasteiger partial charge in [-0.15, -0.1) is 0 Å². The Morgan fingerprint density at radius 3 is 2.30 bits per heavy atom. The highest BCUT2D eigenvalue weighted by atomic mass is 32.2. The normalized spacial score (nSPS) is 29.7. The van der Waals surface area contributed by atoms with Crippen LogP contribution in [0.4, 0.5) is 0 Å². The minimum atomic E-state index is -2.86. The van der Waals surface area contributed by atoms with Crippen LogP contribution in [-0.2, 0) is 9.84 Å². The Balaban J connectivity index is 2.72. The Bertz CT molecular complexity index is 240. The fraction of sp³-hybridized carbons (Fsp3) is 0.667. The van der Waals surface area contributed by atoms with Crippen molar-refractivity contribution >= 4 is 9.84 Å². The summed E-state index contributed by atoms with van der Waals surface area (Å²) < 4.78 is 21.7. The van der Waals surface area contributed by atoms with E-state index in [1.807, 2.05) is 19.0 Å². The third-order valence-corrected chi connectivity index (χ3v) is 2.95. The Labute approximate surface area is 61.3 Å².